The normalized spacial score (nSPS) is 13.3. The van der Waals surface area contributed by atoms with Crippen LogP contribution in [-0.2, 0) is 15.8 Å². The summed E-state index contributed by atoms with van der Waals surface area (Å²) in [6.45, 7) is 6.00. The van der Waals surface area contributed by atoms with Gasteiger partial charge in [0.2, 0.25) is 5.91 Å². The molecule has 0 radical (unpaired) electrons. The van der Waals surface area contributed by atoms with E-state index in [1.807, 2.05) is 6.92 Å². The van der Waals surface area contributed by atoms with Gasteiger partial charge in [0.25, 0.3) is 5.91 Å². The fraction of sp³-hybridized carbons (Fsp3) is 0.381. The molecule has 2 rings (SSSR count). The zero-order chi connectivity index (χ0) is 23.9. The number of rotatable bonds is 10. The summed E-state index contributed by atoms with van der Waals surface area (Å²) in [5.74, 6) is -0.164. The fourth-order valence-corrected chi connectivity index (χ4v) is 3.56. The minimum Gasteiger partial charge on any atom is -0.404 e. The summed E-state index contributed by atoms with van der Waals surface area (Å²) in [5, 5.41) is 5.65. The molecule has 1 aromatic carbocycles. The molecule has 2 aromatic rings. The second-order valence-corrected chi connectivity index (χ2v) is 9.13. The van der Waals surface area contributed by atoms with E-state index in [0.29, 0.717) is 11.5 Å². The monoisotopic (exact) mass is 464 g/mol. The first-order chi connectivity index (χ1) is 14.9. The molecule has 2 unspecified atom stereocenters. The third kappa shape index (κ3) is 8.66. The Hall–Kier alpha value is -2.94. The van der Waals surface area contributed by atoms with Crippen molar-refractivity contribution < 1.29 is 28.5 Å². The van der Waals surface area contributed by atoms with Gasteiger partial charge in [0, 0.05) is 18.7 Å². The number of amides is 2. The standard InChI is InChI=1S/C21H29N4O6P/c1-13(2)10-14(3)24-21(27)18(25-20(26)16-6-9-19(22)23-12-16)11-15-4-7-17(8-5-15)31-32(28,29)30/h4-9,12-14,18H,10-11H2,1-3H3,(H2,22,23)(H,24,27)(H,25,26)(H2,28,29,30). The topological polar surface area (TPSA) is 164 Å². The highest BCUT2D eigenvalue weighted by Gasteiger charge is 2.24. The molecule has 10 nitrogen and oxygen atoms in total. The van der Waals surface area contributed by atoms with Crippen LogP contribution < -0.4 is 20.9 Å². The SMILES string of the molecule is CC(C)CC(C)NC(=O)C(Cc1ccc(OP(=O)(O)O)cc1)NC(=O)c1ccc(N)nc1. The highest BCUT2D eigenvalue weighted by molar-refractivity contribution is 7.46. The van der Waals surface area contributed by atoms with Crippen LogP contribution in [0.5, 0.6) is 5.75 Å². The molecule has 6 N–H and O–H groups in total. The minimum atomic E-state index is -4.67. The van der Waals surface area contributed by atoms with Gasteiger partial charge in [-0.25, -0.2) is 9.55 Å². The number of anilines is 1. The Morgan fingerprint density at radius 2 is 1.75 bits per heavy atom. The zero-order valence-corrected chi connectivity index (χ0v) is 19.1. The smallest absolute Gasteiger partial charge is 0.404 e. The number of hydrogen-bond acceptors (Lipinski definition) is 6. The number of pyridine rings is 1. The van der Waals surface area contributed by atoms with Gasteiger partial charge in [0.1, 0.15) is 17.6 Å². The van der Waals surface area contributed by atoms with Crippen LogP contribution in [-0.4, -0.2) is 38.7 Å². The third-order valence-corrected chi connectivity index (χ3v) is 4.92. The van der Waals surface area contributed by atoms with Crippen molar-refractivity contribution in [2.45, 2.75) is 45.7 Å². The van der Waals surface area contributed by atoms with Crippen molar-refractivity contribution in [3.05, 3.63) is 53.7 Å². The van der Waals surface area contributed by atoms with Crippen molar-refractivity contribution >= 4 is 25.5 Å². The van der Waals surface area contributed by atoms with Crippen molar-refractivity contribution in [2.75, 3.05) is 5.73 Å². The summed E-state index contributed by atoms with van der Waals surface area (Å²) in [5.41, 5.74) is 6.48. The van der Waals surface area contributed by atoms with Crippen LogP contribution >= 0.6 is 7.82 Å². The molecule has 174 valence electrons. The van der Waals surface area contributed by atoms with Crippen LogP contribution in [0, 0.1) is 5.92 Å². The number of nitrogens with zero attached hydrogens (tertiary/aromatic N) is 1. The van der Waals surface area contributed by atoms with Crippen LogP contribution in [0.3, 0.4) is 0 Å². The van der Waals surface area contributed by atoms with Gasteiger partial charge in [-0.1, -0.05) is 26.0 Å². The van der Waals surface area contributed by atoms with Crippen LogP contribution in [0.1, 0.15) is 43.1 Å². The van der Waals surface area contributed by atoms with Gasteiger partial charge in [-0.2, -0.15) is 0 Å². The maximum absolute atomic E-state index is 12.9. The number of nitrogen functional groups attached to an aromatic ring is 1. The summed E-state index contributed by atoms with van der Waals surface area (Å²) in [7, 11) is -4.67. The van der Waals surface area contributed by atoms with E-state index in [1.54, 1.807) is 12.1 Å². The molecule has 2 atom stereocenters. The van der Waals surface area contributed by atoms with Gasteiger partial charge in [-0.3, -0.25) is 19.4 Å². The summed E-state index contributed by atoms with van der Waals surface area (Å²) < 4.78 is 15.5. The van der Waals surface area contributed by atoms with Gasteiger partial charge in [-0.05, 0) is 49.1 Å². The fourth-order valence-electron chi connectivity index (χ4n) is 3.16. The number of nitrogens with one attached hydrogen (secondary N) is 2. The first-order valence-electron chi connectivity index (χ1n) is 10.1. The molecule has 0 bridgehead atoms. The van der Waals surface area contributed by atoms with Crippen LogP contribution in [0.25, 0.3) is 0 Å². The lowest BCUT2D eigenvalue weighted by molar-refractivity contribution is -0.123. The molecule has 0 aliphatic carbocycles. The van der Waals surface area contributed by atoms with Gasteiger partial charge in [0.05, 0.1) is 5.56 Å². The number of phosphoric acid groups is 1. The van der Waals surface area contributed by atoms with Crippen molar-refractivity contribution in [2.24, 2.45) is 5.92 Å². The van der Waals surface area contributed by atoms with Crippen molar-refractivity contribution in [3.8, 4) is 5.75 Å². The summed E-state index contributed by atoms with van der Waals surface area (Å²) in [4.78, 5) is 47.3. The molecule has 1 aromatic heterocycles. The molecule has 2 amide bonds. The Morgan fingerprint density at radius 1 is 1.09 bits per heavy atom. The van der Waals surface area contributed by atoms with E-state index >= 15 is 0 Å². The summed E-state index contributed by atoms with van der Waals surface area (Å²) >= 11 is 0. The molecule has 32 heavy (non-hydrogen) atoms. The van der Waals surface area contributed by atoms with Crippen molar-refractivity contribution in [1.82, 2.24) is 15.6 Å². The maximum Gasteiger partial charge on any atom is 0.524 e. The quantitative estimate of drug-likeness (QED) is 0.333. The Bertz CT molecular complexity index is 959. The number of carbonyl (C=O) groups excluding carboxylic acids is 2. The highest BCUT2D eigenvalue weighted by atomic mass is 31.2. The van der Waals surface area contributed by atoms with Gasteiger partial charge >= 0.3 is 7.82 Å². The molecule has 1 heterocycles. The van der Waals surface area contributed by atoms with Crippen LogP contribution in [0.4, 0.5) is 5.82 Å². The third-order valence-electron chi connectivity index (χ3n) is 4.47. The molecular formula is C21H29N4O6P. The lowest BCUT2D eigenvalue weighted by Gasteiger charge is -2.22. The molecule has 0 aliphatic rings. The number of phosphoric ester groups is 1. The molecule has 0 fully saturated rings. The predicted molar refractivity (Wildman–Crippen MR) is 120 cm³/mol. The lowest BCUT2D eigenvalue weighted by atomic mass is 10.0. The Labute approximate surface area is 186 Å². The first-order valence-corrected chi connectivity index (χ1v) is 11.6. The molecule has 0 saturated heterocycles. The van der Waals surface area contributed by atoms with E-state index in [2.05, 4.69) is 34.0 Å². The van der Waals surface area contributed by atoms with E-state index < -0.39 is 19.8 Å². The number of nitrogens with two attached hydrogens (primary N) is 1. The molecular weight excluding hydrogens is 435 g/mol. The largest absolute Gasteiger partial charge is 0.524 e. The Balaban J connectivity index is 2.17. The zero-order valence-electron chi connectivity index (χ0n) is 18.2. The van der Waals surface area contributed by atoms with Gasteiger partial charge in [0.15, 0.2) is 0 Å². The van der Waals surface area contributed by atoms with E-state index in [0.717, 1.165) is 6.42 Å². The van der Waals surface area contributed by atoms with Crippen molar-refractivity contribution in [3.63, 3.8) is 0 Å². The lowest BCUT2D eigenvalue weighted by Crippen LogP contribution is -2.50. The van der Waals surface area contributed by atoms with E-state index in [-0.39, 0.29) is 35.5 Å². The number of hydrogen-bond donors (Lipinski definition) is 5. The van der Waals surface area contributed by atoms with E-state index in [9.17, 15) is 14.2 Å². The van der Waals surface area contributed by atoms with Gasteiger partial charge in [-0.15, -0.1) is 0 Å². The van der Waals surface area contributed by atoms with Gasteiger partial charge < -0.3 is 20.9 Å². The highest BCUT2D eigenvalue weighted by Crippen LogP contribution is 2.37. The second-order valence-electron chi connectivity index (χ2n) is 7.97. The second kappa shape index (κ2) is 11.1. The minimum absolute atomic E-state index is 0.00868. The Morgan fingerprint density at radius 3 is 2.28 bits per heavy atom. The molecule has 0 saturated carbocycles. The number of carbonyl (C=O) groups is 2. The number of aromatic nitrogens is 1. The average Bonchev–Trinajstić information content (AvgIpc) is 2.67. The Kier molecular flexibility index (Phi) is 8.77. The van der Waals surface area contributed by atoms with Crippen LogP contribution in [0.2, 0.25) is 0 Å². The molecule has 11 heteroatoms. The summed E-state index contributed by atoms with van der Waals surface area (Å²) in [6, 6.07) is 7.95. The molecule has 0 spiro atoms. The average molecular weight is 464 g/mol. The van der Waals surface area contributed by atoms with E-state index in [1.165, 1.54) is 30.5 Å². The number of benzene rings is 1. The molecule has 0 aliphatic heterocycles. The van der Waals surface area contributed by atoms with Crippen LogP contribution in [0.15, 0.2) is 42.6 Å². The van der Waals surface area contributed by atoms with Crippen molar-refractivity contribution in [1.29, 1.82) is 0 Å². The van der Waals surface area contributed by atoms with E-state index in [4.69, 9.17) is 15.5 Å². The predicted octanol–water partition coefficient (Wildman–Crippen LogP) is 2.03. The first kappa shape index (κ1) is 25.3. The maximum atomic E-state index is 12.9. The summed E-state index contributed by atoms with van der Waals surface area (Å²) in [6.07, 6.45) is 2.27.